The van der Waals surface area contributed by atoms with Gasteiger partial charge in [-0.2, -0.15) is 0 Å². The number of hydrogen-bond acceptors (Lipinski definition) is 1. The largest absolute Gasteiger partial charge is 0.385 e. The number of rotatable bonds is 3. The van der Waals surface area contributed by atoms with Crippen molar-refractivity contribution in [3.63, 3.8) is 0 Å². The summed E-state index contributed by atoms with van der Waals surface area (Å²) < 4.78 is 1.07. The van der Waals surface area contributed by atoms with E-state index in [2.05, 4.69) is 35.0 Å². The van der Waals surface area contributed by atoms with Crippen LogP contribution in [0.5, 0.6) is 0 Å². The molecule has 1 aromatic carbocycles. The predicted molar refractivity (Wildman–Crippen MR) is 74.9 cm³/mol. The van der Waals surface area contributed by atoms with Crippen LogP contribution in [-0.4, -0.2) is 5.11 Å². The number of aliphatic hydroxyl groups is 1. The molecule has 1 aliphatic rings. The quantitative estimate of drug-likeness (QED) is 0.862. The van der Waals surface area contributed by atoms with Gasteiger partial charge in [0.1, 0.15) is 0 Å². The summed E-state index contributed by atoms with van der Waals surface area (Å²) in [7, 11) is 0. The maximum absolute atomic E-state index is 10.8. The van der Waals surface area contributed by atoms with Gasteiger partial charge in [0, 0.05) is 4.47 Å². The first-order chi connectivity index (χ1) is 8.14. The predicted octanol–water partition coefficient (Wildman–Crippen LogP) is 4.63. The molecule has 0 spiro atoms. The highest BCUT2D eigenvalue weighted by atomic mass is 79.9. The minimum Gasteiger partial charge on any atom is -0.385 e. The standard InChI is InChI=1S/C15H21BrO/c1-2-4-12-5-3-10-15(17,11-12)13-6-8-14(16)9-7-13/h6-9,12,17H,2-5,10-11H2,1H3. The molecule has 1 fully saturated rings. The Morgan fingerprint density at radius 2 is 2.06 bits per heavy atom. The van der Waals surface area contributed by atoms with E-state index in [0.29, 0.717) is 5.92 Å². The molecule has 2 atom stereocenters. The third-order valence-corrected chi connectivity index (χ3v) is 4.44. The first kappa shape index (κ1) is 13.1. The van der Waals surface area contributed by atoms with Crippen LogP contribution in [0.2, 0.25) is 0 Å². The van der Waals surface area contributed by atoms with Crippen LogP contribution < -0.4 is 0 Å². The van der Waals surface area contributed by atoms with Crippen molar-refractivity contribution in [2.24, 2.45) is 5.92 Å². The Bertz CT molecular complexity index is 358. The summed E-state index contributed by atoms with van der Waals surface area (Å²) >= 11 is 3.44. The Kier molecular flexibility index (Phi) is 4.26. The highest BCUT2D eigenvalue weighted by molar-refractivity contribution is 9.10. The van der Waals surface area contributed by atoms with Crippen molar-refractivity contribution in [2.75, 3.05) is 0 Å². The molecule has 0 amide bonds. The lowest BCUT2D eigenvalue weighted by atomic mass is 9.73. The van der Waals surface area contributed by atoms with Crippen LogP contribution in [0.3, 0.4) is 0 Å². The Labute approximate surface area is 112 Å². The van der Waals surface area contributed by atoms with Crippen LogP contribution in [0.25, 0.3) is 0 Å². The van der Waals surface area contributed by atoms with E-state index in [9.17, 15) is 5.11 Å². The van der Waals surface area contributed by atoms with Crippen molar-refractivity contribution in [3.8, 4) is 0 Å². The number of hydrogen-bond donors (Lipinski definition) is 1. The van der Waals surface area contributed by atoms with Crippen molar-refractivity contribution in [2.45, 2.75) is 51.0 Å². The van der Waals surface area contributed by atoms with E-state index >= 15 is 0 Å². The molecule has 1 aromatic rings. The van der Waals surface area contributed by atoms with E-state index in [-0.39, 0.29) is 0 Å². The molecule has 2 rings (SSSR count). The molecule has 2 unspecified atom stereocenters. The lowest BCUT2D eigenvalue weighted by Gasteiger charge is -2.37. The second kappa shape index (κ2) is 5.53. The Morgan fingerprint density at radius 1 is 1.35 bits per heavy atom. The van der Waals surface area contributed by atoms with E-state index in [1.54, 1.807) is 0 Å². The zero-order valence-electron chi connectivity index (χ0n) is 10.5. The van der Waals surface area contributed by atoms with Crippen molar-refractivity contribution < 1.29 is 5.11 Å². The van der Waals surface area contributed by atoms with E-state index in [1.165, 1.54) is 19.3 Å². The average Bonchev–Trinajstić information content (AvgIpc) is 2.30. The first-order valence-corrected chi connectivity index (χ1v) is 7.42. The molecule has 1 nitrogen and oxygen atoms in total. The molecule has 1 N–H and O–H groups in total. The van der Waals surface area contributed by atoms with E-state index in [0.717, 1.165) is 29.3 Å². The molecule has 0 bridgehead atoms. The Balaban J connectivity index is 2.14. The van der Waals surface area contributed by atoms with Gasteiger partial charge in [0.25, 0.3) is 0 Å². The first-order valence-electron chi connectivity index (χ1n) is 6.62. The maximum Gasteiger partial charge on any atom is 0.0899 e. The number of halogens is 1. The fourth-order valence-electron chi connectivity index (χ4n) is 3.04. The SMILES string of the molecule is CCCC1CCCC(O)(c2ccc(Br)cc2)C1. The van der Waals surface area contributed by atoms with Crippen LogP contribution in [-0.2, 0) is 5.60 Å². The summed E-state index contributed by atoms with van der Waals surface area (Å²) in [6.45, 7) is 2.23. The van der Waals surface area contributed by atoms with Gasteiger partial charge in [-0.15, -0.1) is 0 Å². The van der Waals surface area contributed by atoms with E-state index in [4.69, 9.17) is 0 Å². The van der Waals surface area contributed by atoms with Crippen LogP contribution in [0, 0.1) is 5.92 Å². The van der Waals surface area contributed by atoms with Crippen molar-refractivity contribution in [1.29, 1.82) is 0 Å². The van der Waals surface area contributed by atoms with Gasteiger partial charge in [-0.05, 0) is 42.9 Å². The normalized spacial score (nSPS) is 29.2. The third kappa shape index (κ3) is 3.11. The van der Waals surface area contributed by atoms with Gasteiger partial charge in [-0.25, -0.2) is 0 Å². The molecule has 1 saturated carbocycles. The fraction of sp³-hybridized carbons (Fsp3) is 0.600. The van der Waals surface area contributed by atoms with Crippen molar-refractivity contribution in [3.05, 3.63) is 34.3 Å². The second-order valence-corrected chi connectivity index (χ2v) is 6.21. The van der Waals surface area contributed by atoms with Crippen LogP contribution in [0.15, 0.2) is 28.7 Å². The average molecular weight is 297 g/mol. The summed E-state index contributed by atoms with van der Waals surface area (Å²) in [6, 6.07) is 8.16. The topological polar surface area (TPSA) is 20.2 Å². The van der Waals surface area contributed by atoms with Gasteiger partial charge in [-0.1, -0.05) is 54.2 Å². The monoisotopic (exact) mass is 296 g/mol. The molecule has 94 valence electrons. The summed E-state index contributed by atoms with van der Waals surface area (Å²) in [6.07, 6.45) is 6.75. The van der Waals surface area contributed by atoms with Gasteiger partial charge in [-0.3, -0.25) is 0 Å². The summed E-state index contributed by atoms with van der Waals surface area (Å²) in [5.74, 6) is 0.697. The highest BCUT2D eigenvalue weighted by Gasteiger charge is 2.35. The molecule has 0 aromatic heterocycles. The molecular weight excluding hydrogens is 276 g/mol. The molecular formula is C15H21BrO. The van der Waals surface area contributed by atoms with Crippen LogP contribution in [0.1, 0.15) is 51.0 Å². The zero-order valence-corrected chi connectivity index (χ0v) is 12.0. The molecule has 0 heterocycles. The van der Waals surface area contributed by atoms with Gasteiger partial charge in [0.2, 0.25) is 0 Å². The van der Waals surface area contributed by atoms with Crippen molar-refractivity contribution in [1.82, 2.24) is 0 Å². The van der Waals surface area contributed by atoms with E-state index < -0.39 is 5.60 Å². The number of benzene rings is 1. The van der Waals surface area contributed by atoms with Crippen LogP contribution in [0.4, 0.5) is 0 Å². The lowest BCUT2D eigenvalue weighted by Crippen LogP contribution is -2.32. The third-order valence-electron chi connectivity index (χ3n) is 3.91. The van der Waals surface area contributed by atoms with Crippen molar-refractivity contribution >= 4 is 15.9 Å². The van der Waals surface area contributed by atoms with Crippen LogP contribution >= 0.6 is 15.9 Å². The molecule has 0 radical (unpaired) electrons. The van der Waals surface area contributed by atoms with Gasteiger partial charge in [0.15, 0.2) is 0 Å². The van der Waals surface area contributed by atoms with Gasteiger partial charge >= 0.3 is 0 Å². The van der Waals surface area contributed by atoms with Gasteiger partial charge in [0.05, 0.1) is 5.60 Å². The molecule has 17 heavy (non-hydrogen) atoms. The Hall–Kier alpha value is -0.340. The molecule has 0 aliphatic heterocycles. The fourth-order valence-corrected chi connectivity index (χ4v) is 3.31. The summed E-state index contributed by atoms with van der Waals surface area (Å²) in [4.78, 5) is 0. The Morgan fingerprint density at radius 3 is 2.71 bits per heavy atom. The summed E-state index contributed by atoms with van der Waals surface area (Å²) in [5, 5.41) is 10.8. The highest BCUT2D eigenvalue weighted by Crippen LogP contribution is 2.41. The maximum atomic E-state index is 10.8. The smallest absolute Gasteiger partial charge is 0.0899 e. The minimum atomic E-state index is -0.585. The zero-order chi connectivity index (χ0) is 12.3. The molecule has 2 heteroatoms. The molecule has 0 saturated heterocycles. The molecule has 1 aliphatic carbocycles. The second-order valence-electron chi connectivity index (χ2n) is 5.29. The van der Waals surface area contributed by atoms with E-state index in [1.807, 2.05) is 12.1 Å². The minimum absolute atomic E-state index is 0.585. The summed E-state index contributed by atoms with van der Waals surface area (Å²) in [5.41, 5.74) is 0.500. The lowest BCUT2D eigenvalue weighted by molar-refractivity contribution is -0.0226. The van der Waals surface area contributed by atoms with Gasteiger partial charge < -0.3 is 5.11 Å².